The van der Waals surface area contributed by atoms with Gasteiger partial charge in [0.2, 0.25) is 0 Å². The van der Waals surface area contributed by atoms with Gasteiger partial charge in [-0.3, -0.25) is 9.88 Å². The normalized spacial score (nSPS) is 13.8. The molecule has 1 aliphatic heterocycles. The lowest BCUT2D eigenvalue weighted by molar-refractivity contribution is 0.148. The summed E-state index contributed by atoms with van der Waals surface area (Å²) in [5, 5.41) is 3.11. The molecule has 0 unspecified atom stereocenters. The monoisotopic (exact) mass is 382 g/mol. The van der Waals surface area contributed by atoms with Crippen molar-refractivity contribution in [2.24, 2.45) is 0 Å². The van der Waals surface area contributed by atoms with Crippen molar-refractivity contribution in [3.63, 3.8) is 0 Å². The third kappa shape index (κ3) is 7.01. The van der Waals surface area contributed by atoms with Gasteiger partial charge in [0.05, 0.1) is 5.82 Å². The van der Waals surface area contributed by atoms with Crippen molar-refractivity contribution in [3.05, 3.63) is 77.4 Å². The van der Waals surface area contributed by atoms with Gasteiger partial charge in [0, 0.05) is 51.7 Å². The number of pyridine rings is 1. The minimum absolute atomic E-state index is 0. The van der Waals surface area contributed by atoms with E-state index < -0.39 is 0 Å². The molecule has 28 heavy (non-hydrogen) atoms. The van der Waals surface area contributed by atoms with Crippen LogP contribution >= 0.6 is 0 Å². The standard InChI is InChI=1S/C14H22N4.C9H12.CH4/c1-12-14(5-4-6-16-12)11-17-7-9-18(10-8-17)13(2)15-3;1-3-9-7-5-4-6-8(9)2;/h4-6,15H,2,7-11H2,1,3H3;4-7H,3H2,1-2H3;1H4. The van der Waals surface area contributed by atoms with E-state index >= 15 is 0 Å². The highest BCUT2D eigenvalue weighted by molar-refractivity contribution is 5.25. The molecule has 2 heterocycles. The predicted molar refractivity (Wildman–Crippen MR) is 121 cm³/mol. The van der Waals surface area contributed by atoms with E-state index in [4.69, 9.17) is 0 Å². The van der Waals surface area contributed by atoms with Crippen molar-refractivity contribution in [3.8, 4) is 0 Å². The van der Waals surface area contributed by atoms with Gasteiger partial charge < -0.3 is 10.2 Å². The Bertz CT molecular complexity index is 718. The summed E-state index contributed by atoms with van der Waals surface area (Å²) in [7, 11) is 1.92. The van der Waals surface area contributed by atoms with Crippen molar-refractivity contribution in [2.45, 2.75) is 41.2 Å². The van der Waals surface area contributed by atoms with Crippen molar-refractivity contribution < 1.29 is 0 Å². The second-order valence-corrected chi connectivity index (χ2v) is 6.99. The van der Waals surface area contributed by atoms with Crippen molar-refractivity contribution >= 4 is 0 Å². The maximum atomic E-state index is 4.34. The van der Waals surface area contributed by atoms with Gasteiger partial charge in [0.25, 0.3) is 0 Å². The van der Waals surface area contributed by atoms with E-state index in [0.29, 0.717) is 0 Å². The van der Waals surface area contributed by atoms with E-state index in [0.717, 1.165) is 50.7 Å². The van der Waals surface area contributed by atoms with Crippen LogP contribution in [0, 0.1) is 13.8 Å². The molecule has 0 saturated carbocycles. The molecule has 0 bridgehead atoms. The van der Waals surface area contributed by atoms with Gasteiger partial charge in [-0.1, -0.05) is 51.3 Å². The fourth-order valence-electron chi connectivity index (χ4n) is 3.27. The number of piperazine rings is 1. The molecule has 1 fully saturated rings. The number of nitrogens with one attached hydrogen (secondary N) is 1. The minimum Gasteiger partial charge on any atom is -0.375 e. The van der Waals surface area contributed by atoms with Gasteiger partial charge in [-0.05, 0) is 43.0 Å². The average molecular weight is 383 g/mol. The van der Waals surface area contributed by atoms with E-state index in [1.165, 1.54) is 16.7 Å². The first-order valence-corrected chi connectivity index (χ1v) is 9.84. The molecule has 0 spiro atoms. The summed E-state index contributed by atoms with van der Waals surface area (Å²) in [5.41, 5.74) is 5.33. The minimum atomic E-state index is 0. The van der Waals surface area contributed by atoms with Crippen LogP contribution in [-0.4, -0.2) is 48.0 Å². The van der Waals surface area contributed by atoms with Gasteiger partial charge in [0.1, 0.15) is 0 Å². The Labute approximate surface area is 172 Å². The third-order valence-corrected chi connectivity index (χ3v) is 5.20. The molecule has 0 radical (unpaired) electrons. The smallest absolute Gasteiger partial charge is 0.0937 e. The molecule has 1 aromatic heterocycles. The quantitative estimate of drug-likeness (QED) is 0.831. The van der Waals surface area contributed by atoms with Crippen LogP contribution in [0.15, 0.2) is 55.0 Å². The summed E-state index contributed by atoms with van der Waals surface area (Å²) >= 11 is 0. The lowest BCUT2D eigenvalue weighted by Gasteiger charge is -2.36. The van der Waals surface area contributed by atoms with Crippen molar-refractivity contribution in [1.29, 1.82) is 0 Å². The summed E-state index contributed by atoms with van der Waals surface area (Å²) in [6.45, 7) is 15.7. The molecule has 2 aromatic rings. The lowest BCUT2D eigenvalue weighted by atomic mass is 10.1. The highest BCUT2D eigenvalue weighted by Gasteiger charge is 2.17. The first-order valence-electron chi connectivity index (χ1n) is 9.84. The molecular formula is C24H38N4. The molecule has 0 amide bonds. The highest BCUT2D eigenvalue weighted by atomic mass is 15.3. The van der Waals surface area contributed by atoms with E-state index in [1.807, 2.05) is 19.3 Å². The van der Waals surface area contributed by atoms with E-state index in [1.54, 1.807) is 0 Å². The second kappa shape index (κ2) is 12.2. The van der Waals surface area contributed by atoms with Gasteiger partial charge in [0.15, 0.2) is 0 Å². The van der Waals surface area contributed by atoms with Gasteiger partial charge >= 0.3 is 0 Å². The van der Waals surface area contributed by atoms with Crippen LogP contribution < -0.4 is 5.32 Å². The topological polar surface area (TPSA) is 31.4 Å². The Morgan fingerprint density at radius 2 is 1.68 bits per heavy atom. The fraction of sp³-hybridized carbons (Fsp3) is 0.458. The van der Waals surface area contributed by atoms with Crippen LogP contribution in [-0.2, 0) is 13.0 Å². The first kappa shape index (κ1) is 23.7. The summed E-state index contributed by atoms with van der Waals surface area (Å²) < 4.78 is 0. The van der Waals surface area contributed by atoms with E-state index in [-0.39, 0.29) is 7.43 Å². The zero-order chi connectivity index (χ0) is 19.6. The van der Waals surface area contributed by atoms with Gasteiger partial charge in [-0.2, -0.15) is 0 Å². The van der Waals surface area contributed by atoms with Crippen molar-refractivity contribution in [2.75, 3.05) is 33.2 Å². The van der Waals surface area contributed by atoms with Crippen LogP contribution in [0.5, 0.6) is 0 Å². The van der Waals surface area contributed by atoms with Crippen LogP contribution in [0.25, 0.3) is 0 Å². The number of hydrogen-bond donors (Lipinski definition) is 1. The highest BCUT2D eigenvalue weighted by Crippen LogP contribution is 2.12. The molecule has 154 valence electrons. The number of aromatic nitrogens is 1. The number of benzene rings is 1. The van der Waals surface area contributed by atoms with E-state index in [9.17, 15) is 0 Å². The van der Waals surface area contributed by atoms with Crippen LogP contribution in [0.4, 0.5) is 0 Å². The zero-order valence-electron chi connectivity index (χ0n) is 17.3. The molecule has 4 nitrogen and oxygen atoms in total. The number of hydrogen-bond acceptors (Lipinski definition) is 4. The molecule has 4 heteroatoms. The summed E-state index contributed by atoms with van der Waals surface area (Å²) in [4.78, 5) is 9.11. The van der Waals surface area contributed by atoms with Crippen LogP contribution in [0.3, 0.4) is 0 Å². The molecule has 1 saturated heterocycles. The Hall–Kier alpha value is -2.33. The molecule has 0 aliphatic carbocycles. The Kier molecular flexibility index (Phi) is 10.3. The second-order valence-electron chi connectivity index (χ2n) is 6.99. The lowest BCUT2D eigenvalue weighted by Crippen LogP contribution is -2.47. The van der Waals surface area contributed by atoms with Crippen LogP contribution in [0.2, 0.25) is 0 Å². The predicted octanol–water partition coefficient (Wildman–Crippen LogP) is 4.39. The van der Waals surface area contributed by atoms with Crippen molar-refractivity contribution in [1.82, 2.24) is 20.1 Å². The average Bonchev–Trinajstić information content (AvgIpc) is 2.70. The molecule has 0 atom stereocenters. The fourth-order valence-corrected chi connectivity index (χ4v) is 3.27. The number of rotatable bonds is 5. The maximum Gasteiger partial charge on any atom is 0.0937 e. The van der Waals surface area contributed by atoms with Gasteiger partial charge in [-0.25, -0.2) is 0 Å². The molecule has 1 aliphatic rings. The van der Waals surface area contributed by atoms with Gasteiger partial charge in [-0.15, -0.1) is 0 Å². The summed E-state index contributed by atoms with van der Waals surface area (Å²) in [5.74, 6) is 1.02. The SMILES string of the molecule is C.C=C(NC)N1CCN(Cc2cccnc2C)CC1.CCc1ccccc1C. The summed E-state index contributed by atoms with van der Waals surface area (Å²) in [6, 6.07) is 12.7. The van der Waals surface area contributed by atoms with Crippen LogP contribution in [0.1, 0.15) is 36.7 Å². The Morgan fingerprint density at radius 3 is 2.21 bits per heavy atom. The Morgan fingerprint density at radius 1 is 1.04 bits per heavy atom. The molecule has 1 aromatic carbocycles. The third-order valence-electron chi connectivity index (χ3n) is 5.20. The number of aryl methyl sites for hydroxylation is 3. The van der Waals surface area contributed by atoms with E-state index in [2.05, 4.69) is 77.8 Å². The summed E-state index contributed by atoms with van der Waals surface area (Å²) in [6.07, 6.45) is 3.00. The molecule has 1 N–H and O–H groups in total. The largest absolute Gasteiger partial charge is 0.375 e. The Balaban J connectivity index is 0.000000332. The molecule has 3 rings (SSSR count). The molecular weight excluding hydrogens is 344 g/mol. The maximum absolute atomic E-state index is 4.34. The first-order chi connectivity index (χ1) is 13.0. The zero-order valence-corrected chi connectivity index (χ0v) is 17.3. The number of nitrogens with zero attached hydrogens (tertiary/aromatic N) is 3.